The van der Waals surface area contributed by atoms with E-state index >= 15 is 0 Å². The highest BCUT2D eigenvalue weighted by molar-refractivity contribution is 6.30. The molecule has 0 aromatic heterocycles. The Hall–Kier alpha value is -1.22. The van der Waals surface area contributed by atoms with Crippen LogP contribution in [0.5, 0.6) is 0 Å². The van der Waals surface area contributed by atoms with Crippen molar-refractivity contribution >= 4 is 23.3 Å². The van der Waals surface area contributed by atoms with Crippen LogP contribution in [0, 0.1) is 6.92 Å². The van der Waals surface area contributed by atoms with Gasteiger partial charge >= 0.3 is 5.97 Å². The number of anilines is 1. The van der Waals surface area contributed by atoms with Crippen LogP contribution in [0.15, 0.2) is 24.3 Å². The summed E-state index contributed by atoms with van der Waals surface area (Å²) >= 11 is 5.66. The third-order valence-electron chi connectivity index (χ3n) is 2.14. The second-order valence-electron chi connectivity index (χ2n) is 3.53. The lowest BCUT2D eigenvalue weighted by Gasteiger charge is -2.20. The van der Waals surface area contributed by atoms with E-state index in [0.29, 0.717) is 6.54 Å². The number of carbonyl (C=O) groups is 1. The molecule has 0 amide bonds. The molecule has 15 heavy (non-hydrogen) atoms. The molecule has 0 saturated carbocycles. The van der Waals surface area contributed by atoms with Crippen LogP contribution in [0.4, 0.5) is 5.69 Å². The van der Waals surface area contributed by atoms with Crippen molar-refractivity contribution in [2.24, 2.45) is 0 Å². The van der Waals surface area contributed by atoms with Gasteiger partial charge < -0.3 is 10.0 Å². The predicted octanol–water partition coefficient (Wildman–Crippen LogP) is 2.12. The minimum atomic E-state index is -0.990. The van der Waals surface area contributed by atoms with Crippen LogP contribution in [-0.2, 0) is 4.79 Å². The smallest absolute Gasteiger partial charge is 0.323 e. The molecule has 4 heteroatoms. The number of carboxylic acid groups (broad SMARTS) is 1. The van der Waals surface area contributed by atoms with Crippen molar-refractivity contribution in [2.75, 3.05) is 18.5 Å². The van der Waals surface area contributed by atoms with Crippen molar-refractivity contribution in [3.8, 4) is 0 Å². The fourth-order valence-corrected chi connectivity index (χ4v) is 1.50. The van der Waals surface area contributed by atoms with Gasteiger partial charge in [0.15, 0.2) is 0 Å². The Labute approximate surface area is 94.3 Å². The first-order valence-electron chi connectivity index (χ1n) is 4.65. The van der Waals surface area contributed by atoms with Crippen LogP contribution < -0.4 is 4.90 Å². The summed E-state index contributed by atoms with van der Waals surface area (Å²) in [6.45, 7) is 2.28. The monoisotopic (exact) mass is 227 g/mol. The standard InChI is InChI=1S/C11H14ClNO2/c1-8-4-3-5-9(6-8)13(2)7-10(12)11(14)15/h3-6,10H,7H2,1-2H3,(H,14,15). The lowest BCUT2D eigenvalue weighted by molar-refractivity contribution is -0.136. The minimum Gasteiger partial charge on any atom is -0.480 e. The second kappa shape index (κ2) is 5.03. The number of aliphatic carboxylic acids is 1. The molecule has 1 unspecified atom stereocenters. The maximum absolute atomic E-state index is 10.6. The summed E-state index contributed by atoms with van der Waals surface area (Å²) in [4.78, 5) is 12.4. The van der Waals surface area contributed by atoms with Crippen LogP contribution in [-0.4, -0.2) is 30.0 Å². The van der Waals surface area contributed by atoms with Gasteiger partial charge in [-0.1, -0.05) is 12.1 Å². The lowest BCUT2D eigenvalue weighted by Crippen LogP contribution is -2.30. The van der Waals surface area contributed by atoms with Gasteiger partial charge in [-0.15, -0.1) is 11.6 Å². The Morgan fingerprint density at radius 2 is 2.27 bits per heavy atom. The molecule has 0 heterocycles. The van der Waals surface area contributed by atoms with Crippen LogP contribution >= 0.6 is 11.6 Å². The first-order chi connectivity index (χ1) is 7.00. The molecule has 1 rings (SSSR count). The lowest BCUT2D eigenvalue weighted by atomic mass is 10.2. The summed E-state index contributed by atoms with van der Waals surface area (Å²) in [5.41, 5.74) is 2.11. The van der Waals surface area contributed by atoms with E-state index in [1.165, 1.54) is 0 Å². The van der Waals surface area contributed by atoms with Crippen LogP contribution in [0.1, 0.15) is 5.56 Å². The van der Waals surface area contributed by atoms with Crippen LogP contribution in [0.2, 0.25) is 0 Å². The summed E-state index contributed by atoms with van der Waals surface area (Å²) in [5, 5.41) is 7.79. The molecule has 1 atom stereocenters. The zero-order valence-corrected chi connectivity index (χ0v) is 9.53. The van der Waals surface area contributed by atoms with Crippen molar-refractivity contribution in [2.45, 2.75) is 12.3 Å². The Balaban J connectivity index is 2.68. The van der Waals surface area contributed by atoms with Gasteiger partial charge in [0, 0.05) is 19.3 Å². The number of alkyl halides is 1. The van der Waals surface area contributed by atoms with Gasteiger partial charge in [-0.25, -0.2) is 0 Å². The zero-order valence-electron chi connectivity index (χ0n) is 8.77. The number of nitrogens with zero attached hydrogens (tertiary/aromatic N) is 1. The van der Waals surface area contributed by atoms with E-state index in [2.05, 4.69) is 0 Å². The van der Waals surface area contributed by atoms with Gasteiger partial charge in [0.05, 0.1) is 0 Å². The highest BCUT2D eigenvalue weighted by Crippen LogP contribution is 2.15. The Morgan fingerprint density at radius 3 is 2.80 bits per heavy atom. The molecule has 0 bridgehead atoms. The number of benzene rings is 1. The van der Waals surface area contributed by atoms with Crippen LogP contribution in [0.3, 0.4) is 0 Å². The molecule has 0 aliphatic carbocycles. The van der Waals surface area contributed by atoms with E-state index in [-0.39, 0.29) is 0 Å². The summed E-state index contributed by atoms with van der Waals surface area (Å²) in [7, 11) is 1.83. The molecule has 1 N–H and O–H groups in total. The molecule has 0 aliphatic heterocycles. The van der Waals surface area contributed by atoms with E-state index in [1.54, 1.807) is 0 Å². The quantitative estimate of drug-likeness (QED) is 0.802. The Morgan fingerprint density at radius 1 is 1.60 bits per heavy atom. The first-order valence-corrected chi connectivity index (χ1v) is 5.09. The van der Waals surface area contributed by atoms with Gasteiger partial charge in [-0.3, -0.25) is 4.79 Å². The normalized spacial score (nSPS) is 12.2. The average Bonchev–Trinajstić information content (AvgIpc) is 2.17. The number of aryl methyl sites for hydroxylation is 1. The van der Waals surface area contributed by atoms with Gasteiger partial charge in [-0.05, 0) is 24.6 Å². The minimum absolute atomic E-state index is 0.292. The number of carboxylic acids is 1. The molecule has 0 radical (unpaired) electrons. The number of rotatable bonds is 4. The maximum atomic E-state index is 10.6. The van der Waals surface area contributed by atoms with Crippen molar-refractivity contribution in [1.82, 2.24) is 0 Å². The number of halogens is 1. The third kappa shape index (κ3) is 3.44. The van der Waals surface area contributed by atoms with Crippen LogP contribution in [0.25, 0.3) is 0 Å². The van der Waals surface area contributed by atoms with Gasteiger partial charge in [0.25, 0.3) is 0 Å². The molecule has 1 aromatic carbocycles. The third-order valence-corrected chi connectivity index (χ3v) is 2.47. The van der Waals surface area contributed by atoms with Crippen molar-refractivity contribution in [1.29, 1.82) is 0 Å². The molecule has 0 saturated heterocycles. The Kier molecular flexibility index (Phi) is 3.97. The molecule has 0 fully saturated rings. The highest BCUT2D eigenvalue weighted by atomic mass is 35.5. The van der Waals surface area contributed by atoms with Crippen molar-refractivity contribution < 1.29 is 9.90 Å². The van der Waals surface area contributed by atoms with Gasteiger partial charge in [-0.2, -0.15) is 0 Å². The topological polar surface area (TPSA) is 40.5 Å². The van der Waals surface area contributed by atoms with E-state index < -0.39 is 11.3 Å². The largest absolute Gasteiger partial charge is 0.480 e. The van der Waals surface area contributed by atoms with Crippen molar-refractivity contribution in [3.63, 3.8) is 0 Å². The fourth-order valence-electron chi connectivity index (χ4n) is 1.29. The molecule has 3 nitrogen and oxygen atoms in total. The molecular formula is C11H14ClNO2. The maximum Gasteiger partial charge on any atom is 0.323 e. The molecule has 1 aromatic rings. The van der Waals surface area contributed by atoms with E-state index in [4.69, 9.17) is 16.7 Å². The molecular weight excluding hydrogens is 214 g/mol. The zero-order chi connectivity index (χ0) is 11.4. The van der Waals surface area contributed by atoms with E-state index in [1.807, 2.05) is 43.1 Å². The van der Waals surface area contributed by atoms with E-state index in [9.17, 15) is 4.79 Å². The molecule has 82 valence electrons. The molecule has 0 spiro atoms. The van der Waals surface area contributed by atoms with E-state index in [0.717, 1.165) is 11.3 Å². The van der Waals surface area contributed by atoms with Crippen molar-refractivity contribution in [3.05, 3.63) is 29.8 Å². The first kappa shape index (κ1) is 11.9. The predicted molar refractivity (Wildman–Crippen MR) is 61.7 cm³/mol. The summed E-state index contributed by atoms with van der Waals surface area (Å²) in [6.07, 6.45) is 0. The summed E-state index contributed by atoms with van der Waals surface area (Å²) < 4.78 is 0. The second-order valence-corrected chi connectivity index (χ2v) is 4.05. The van der Waals surface area contributed by atoms with Gasteiger partial charge in [0.2, 0.25) is 0 Å². The highest BCUT2D eigenvalue weighted by Gasteiger charge is 2.16. The average molecular weight is 228 g/mol. The summed E-state index contributed by atoms with van der Waals surface area (Å²) in [5.74, 6) is -0.990. The Bertz CT molecular complexity index is 354. The van der Waals surface area contributed by atoms with Gasteiger partial charge in [0.1, 0.15) is 5.38 Å². The molecule has 0 aliphatic rings. The fraction of sp³-hybridized carbons (Fsp3) is 0.364. The summed E-state index contributed by atoms with van der Waals surface area (Å²) in [6, 6.07) is 7.85. The number of hydrogen-bond acceptors (Lipinski definition) is 2. The SMILES string of the molecule is Cc1cccc(N(C)CC(Cl)C(=O)O)c1. The number of hydrogen-bond donors (Lipinski definition) is 1.